The molecule has 0 aliphatic heterocycles. The fraction of sp³-hybridized carbons (Fsp3) is 0.788. The molecule has 1 aliphatic carbocycles. The van der Waals surface area contributed by atoms with Gasteiger partial charge in [-0.3, -0.25) is 24.0 Å². The van der Waals surface area contributed by atoms with Crippen molar-refractivity contribution in [3.63, 3.8) is 0 Å². The van der Waals surface area contributed by atoms with Crippen LogP contribution in [0.1, 0.15) is 229 Å². The predicted octanol–water partition coefficient (Wildman–Crippen LogP) is 13.4. The van der Waals surface area contributed by atoms with Crippen LogP contribution in [0.4, 0.5) is 5.69 Å². The normalized spacial score (nSPS) is 13.4. The summed E-state index contributed by atoms with van der Waals surface area (Å²) in [6, 6.07) is 10.2. The van der Waals surface area contributed by atoms with Gasteiger partial charge in [0.1, 0.15) is 6.04 Å². The van der Waals surface area contributed by atoms with E-state index in [1.54, 1.807) is 42.5 Å². The molecule has 0 heterocycles. The van der Waals surface area contributed by atoms with Gasteiger partial charge in [0.2, 0.25) is 23.6 Å². The lowest BCUT2D eigenvalue weighted by Crippen LogP contribution is -2.49. The van der Waals surface area contributed by atoms with Gasteiger partial charge in [0, 0.05) is 63.7 Å². The first kappa shape index (κ1) is 102. The van der Waals surface area contributed by atoms with Crippen LogP contribution in [0.15, 0.2) is 42.5 Å². The predicted molar refractivity (Wildman–Crippen MR) is 440 cm³/mol. The number of nitrogens with one attached hydrogen (secondary N) is 5. The molecule has 1 aliphatic rings. The van der Waals surface area contributed by atoms with Gasteiger partial charge in [-0.05, 0) is 74.8 Å². The quantitative estimate of drug-likeness (QED) is 0.0335. The second kappa shape index (κ2) is 72.5. The van der Waals surface area contributed by atoms with Gasteiger partial charge in [0.25, 0.3) is 5.91 Å². The number of unbranched alkanes of at least 4 members (excludes halogenated alkanes) is 18. The van der Waals surface area contributed by atoms with E-state index in [1.165, 1.54) is 116 Å². The second-order valence-corrected chi connectivity index (χ2v) is 29.5. The summed E-state index contributed by atoms with van der Waals surface area (Å²) in [5.74, 6) is -2.52. The van der Waals surface area contributed by atoms with Crippen LogP contribution >= 0.6 is 23.2 Å². The van der Waals surface area contributed by atoms with Crippen LogP contribution in [0.2, 0.25) is 10.0 Å². The topological polar surface area (TPSA) is 312 Å². The highest BCUT2D eigenvalue weighted by Gasteiger charge is 2.42. The number of carboxylic acid groups (broad SMARTS) is 1. The monoisotopic (exact) mass is 1640 g/mol. The number of ether oxygens (including phenoxy) is 14. The Hall–Kier alpha value is -4.72. The molecule has 650 valence electrons. The number of hydrogen-bond acceptors (Lipinski definition) is 20. The molecule has 3 atom stereocenters. The molecule has 0 spiro atoms. The molecule has 28 heteroatoms. The third-order valence-electron chi connectivity index (χ3n) is 19.3. The molecule has 2 aromatic rings. The summed E-state index contributed by atoms with van der Waals surface area (Å²) in [7, 11) is 0. The number of hydrogen-bond donors (Lipinski definition) is 6. The van der Waals surface area contributed by atoms with Crippen molar-refractivity contribution in [3.05, 3.63) is 63.6 Å². The summed E-state index contributed by atoms with van der Waals surface area (Å²) >= 11 is 12.3. The van der Waals surface area contributed by atoms with Crippen LogP contribution in [0.25, 0.3) is 0 Å². The summed E-state index contributed by atoms with van der Waals surface area (Å²) < 4.78 is 79.4. The number of rotatable bonds is 81. The highest BCUT2D eigenvalue weighted by atomic mass is 35.5. The second-order valence-electron chi connectivity index (χ2n) is 28.7. The third kappa shape index (κ3) is 56.3. The SMILES string of the molecule is CCCCCCCCCCCCOCC(CC(CC)NC(=O)CCC(=O)NCCOCCOCCOCCOCCOCCOCCOCCOCCOCCOCCOCCOCCC(=O)NCCC1(C(=O)N[C@@H](Cc2ccc(NC(=O)c3c(Cl)cccc3Cl)cc2)C(=O)O)CCCC1)OCCCCCCCCCCCC. The standard InChI is InChI=1S/C85H145Cl2N5O21/c1-4-7-9-11-13-15-17-19-21-25-42-112-70-74(113-43-26-22-20-18-16-14-12-10-8-5-2)69-72(6-3)90-80(95)35-34-78(93)89-41-45-101-47-49-103-51-53-105-55-57-107-59-61-109-63-65-111-67-66-110-64-62-108-60-58-106-56-54-104-52-50-102-48-46-100-44-36-79(94)88-40-39-85(37-23-24-38-85)84(99)92-77(83(97)98)68-71-30-32-73(33-31-71)91-82(96)81-75(86)28-27-29-76(81)87/h27-33,72,74,77H,4-26,34-70H2,1-3H3,(H,88,94)(H,89,93)(H,90,95)(H,91,96)(H,92,99)(H,97,98)/t72?,74?,77-/m0/s1. The fourth-order valence-corrected chi connectivity index (χ4v) is 13.3. The summed E-state index contributed by atoms with van der Waals surface area (Å²) in [6.07, 6.45) is 30.7. The molecular formula is C85H145Cl2N5O21. The van der Waals surface area contributed by atoms with Crippen LogP contribution < -0.4 is 26.6 Å². The molecule has 3 rings (SSSR count). The van der Waals surface area contributed by atoms with Crippen LogP contribution in [0.3, 0.4) is 0 Å². The fourth-order valence-electron chi connectivity index (χ4n) is 12.7. The third-order valence-corrected chi connectivity index (χ3v) is 20.0. The first-order valence-corrected chi connectivity index (χ1v) is 43.4. The minimum absolute atomic E-state index is 0.0265. The maximum Gasteiger partial charge on any atom is 0.326 e. The number of amides is 5. The zero-order chi connectivity index (χ0) is 81.4. The Labute approximate surface area is 686 Å². The van der Waals surface area contributed by atoms with Crippen molar-refractivity contribution in [2.45, 2.75) is 238 Å². The maximum absolute atomic E-state index is 13.7. The number of halogens is 2. The minimum Gasteiger partial charge on any atom is -0.480 e. The number of carboxylic acids is 1. The average Bonchev–Trinajstić information content (AvgIpc) is 1.70. The zero-order valence-electron chi connectivity index (χ0n) is 69.1. The molecule has 1 fully saturated rings. The molecule has 0 bridgehead atoms. The largest absolute Gasteiger partial charge is 0.480 e. The first-order valence-electron chi connectivity index (χ1n) is 42.6. The molecule has 6 N–H and O–H groups in total. The van der Waals surface area contributed by atoms with Gasteiger partial charge in [-0.1, -0.05) is 191 Å². The summed E-state index contributed by atoms with van der Waals surface area (Å²) in [5.41, 5.74) is 0.455. The maximum atomic E-state index is 13.7. The molecule has 5 amide bonds. The van der Waals surface area contributed by atoms with Crippen molar-refractivity contribution in [1.82, 2.24) is 21.3 Å². The molecule has 26 nitrogen and oxygen atoms in total. The van der Waals surface area contributed by atoms with E-state index in [9.17, 15) is 33.9 Å². The molecule has 2 aromatic carbocycles. The lowest BCUT2D eigenvalue weighted by atomic mass is 9.81. The van der Waals surface area contributed by atoms with Crippen molar-refractivity contribution >= 4 is 64.4 Å². The van der Waals surface area contributed by atoms with Crippen LogP contribution in [-0.2, 0) is 96.7 Å². The van der Waals surface area contributed by atoms with Gasteiger partial charge in [-0.15, -0.1) is 0 Å². The van der Waals surface area contributed by atoms with Crippen molar-refractivity contribution in [2.24, 2.45) is 5.41 Å². The number of carbonyl (C=O) groups is 6. The Kier molecular flexibility index (Phi) is 65.7. The van der Waals surface area contributed by atoms with E-state index in [0.29, 0.717) is 209 Å². The van der Waals surface area contributed by atoms with E-state index in [2.05, 4.69) is 47.4 Å². The van der Waals surface area contributed by atoms with E-state index in [1.807, 2.05) is 0 Å². The Bertz CT molecular complexity index is 2650. The van der Waals surface area contributed by atoms with E-state index in [-0.39, 0.29) is 90.2 Å². The van der Waals surface area contributed by atoms with Crippen molar-refractivity contribution in [2.75, 3.05) is 197 Å². The molecule has 113 heavy (non-hydrogen) atoms. The van der Waals surface area contributed by atoms with Gasteiger partial charge < -0.3 is 98.0 Å². The minimum atomic E-state index is -1.18. The molecule has 0 radical (unpaired) electrons. The van der Waals surface area contributed by atoms with Crippen LogP contribution in [0.5, 0.6) is 0 Å². The smallest absolute Gasteiger partial charge is 0.326 e. The summed E-state index contributed by atoms with van der Waals surface area (Å²) in [5, 5.41) is 24.9. The van der Waals surface area contributed by atoms with E-state index < -0.39 is 23.3 Å². The van der Waals surface area contributed by atoms with E-state index in [0.717, 1.165) is 38.7 Å². The number of anilines is 1. The van der Waals surface area contributed by atoms with E-state index in [4.69, 9.17) is 89.5 Å². The lowest BCUT2D eigenvalue weighted by molar-refractivity contribution is -0.144. The first-order chi connectivity index (χ1) is 55.3. The highest BCUT2D eigenvalue weighted by molar-refractivity contribution is 6.40. The van der Waals surface area contributed by atoms with Crippen molar-refractivity contribution in [3.8, 4) is 0 Å². The zero-order valence-corrected chi connectivity index (χ0v) is 70.6. The summed E-state index contributed by atoms with van der Waals surface area (Å²) in [4.78, 5) is 77.0. The van der Waals surface area contributed by atoms with Gasteiger partial charge in [-0.25, -0.2) is 4.79 Å². The molecule has 1 saturated carbocycles. The number of aliphatic carboxylic acids is 1. The molecule has 0 saturated heterocycles. The Morgan fingerprint density at radius 2 is 0.814 bits per heavy atom. The number of carbonyl (C=O) groups excluding carboxylic acids is 5. The Balaban J connectivity index is 1.02. The van der Waals surface area contributed by atoms with Gasteiger partial charge in [0.05, 0.1) is 192 Å². The van der Waals surface area contributed by atoms with Crippen molar-refractivity contribution in [1.29, 1.82) is 0 Å². The van der Waals surface area contributed by atoms with Crippen LogP contribution in [0, 0.1) is 5.41 Å². The Morgan fingerprint density at radius 3 is 1.25 bits per heavy atom. The van der Waals surface area contributed by atoms with Crippen LogP contribution in [-0.4, -0.2) is 250 Å². The highest BCUT2D eigenvalue weighted by Crippen LogP contribution is 2.41. The average molecular weight is 1640 g/mol. The Morgan fingerprint density at radius 1 is 0.425 bits per heavy atom. The van der Waals surface area contributed by atoms with Gasteiger partial charge >= 0.3 is 5.97 Å². The lowest BCUT2D eigenvalue weighted by Gasteiger charge is -2.29. The molecule has 0 aromatic heterocycles. The summed E-state index contributed by atoms with van der Waals surface area (Å²) in [6.45, 7) is 19.0. The van der Waals surface area contributed by atoms with E-state index >= 15 is 0 Å². The molecular weight excluding hydrogens is 1500 g/mol. The van der Waals surface area contributed by atoms with Gasteiger partial charge in [0.15, 0.2) is 0 Å². The van der Waals surface area contributed by atoms with Crippen molar-refractivity contribution < 1.29 is 100 Å². The van der Waals surface area contributed by atoms with Gasteiger partial charge in [-0.2, -0.15) is 0 Å². The number of benzene rings is 2. The molecule has 2 unspecified atom stereocenters.